The van der Waals surface area contributed by atoms with Crippen LogP contribution in [-0.4, -0.2) is 14.5 Å². The first kappa shape index (κ1) is 15.6. The zero-order valence-corrected chi connectivity index (χ0v) is 14.0. The van der Waals surface area contributed by atoms with Crippen LogP contribution in [0.25, 0.3) is 0 Å². The van der Waals surface area contributed by atoms with E-state index >= 15 is 0 Å². The molecule has 0 atom stereocenters. The summed E-state index contributed by atoms with van der Waals surface area (Å²) in [5, 5.41) is 11.7. The number of rotatable bonds is 3. The number of imidazole rings is 1. The molecule has 0 aliphatic carbocycles. The second-order valence-corrected chi connectivity index (χ2v) is 6.30. The molecule has 0 radical (unpaired) electrons. The maximum atomic E-state index is 11.1. The van der Waals surface area contributed by atoms with Gasteiger partial charge in [0.15, 0.2) is 5.03 Å². The Kier molecular flexibility index (Phi) is 4.09. The zero-order chi connectivity index (χ0) is 15.9. The van der Waals surface area contributed by atoms with Gasteiger partial charge in [-0.05, 0) is 72.3 Å². The average molecular weight is 305 g/mol. The number of nitrogens with zero attached hydrogens (tertiary/aromatic N) is 3. The number of hydrogen-bond acceptors (Lipinski definition) is 4. The van der Waals surface area contributed by atoms with E-state index in [9.17, 15) is 10.1 Å². The molecule has 6 heteroatoms. The van der Waals surface area contributed by atoms with Crippen molar-refractivity contribution in [1.82, 2.24) is 9.55 Å². The van der Waals surface area contributed by atoms with Gasteiger partial charge in [-0.3, -0.25) is 0 Å². The fraction of sp³-hybridized carbons (Fsp3) is 0.400. The molecular weight excluding hydrogens is 286 g/mol. The highest BCUT2D eigenvalue weighted by molar-refractivity contribution is 7.99. The zero-order valence-electron chi connectivity index (χ0n) is 13.1. The lowest BCUT2D eigenvalue weighted by Gasteiger charge is -2.17. The molecule has 2 rings (SSSR count). The molecule has 1 heterocycles. The number of nitro groups is 1. The smallest absolute Gasteiger partial charge is 0.358 e. The largest absolute Gasteiger partial charge is 0.396 e. The van der Waals surface area contributed by atoms with Crippen molar-refractivity contribution < 1.29 is 4.92 Å². The lowest BCUT2D eigenvalue weighted by molar-refractivity contribution is -0.392. The fourth-order valence-electron chi connectivity index (χ4n) is 2.36. The number of benzene rings is 1. The van der Waals surface area contributed by atoms with E-state index in [-0.39, 0.29) is 5.82 Å². The summed E-state index contributed by atoms with van der Waals surface area (Å²) in [5.74, 6) is -0.0859. The molecule has 112 valence electrons. The van der Waals surface area contributed by atoms with E-state index in [2.05, 4.69) is 39.6 Å². The highest BCUT2D eigenvalue weighted by Crippen LogP contribution is 2.40. The molecule has 21 heavy (non-hydrogen) atoms. The lowest BCUT2D eigenvalue weighted by atomic mass is 9.95. The van der Waals surface area contributed by atoms with E-state index in [1.54, 1.807) is 11.6 Å². The van der Waals surface area contributed by atoms with Crippen molar-refractivity contribution in [2.45, 2.75) is 44.5 Å². The van der Waals surface area contributed by atoms with E-state index in [1.807, 2.05) is 0 Å². The van der Waals surface area contributed by atoms with Gasteiger partial charge in [-0.2, -0.15) is 0 Å². The van der Waals surface area contributed by atoms with Crippen LogP contribution in [0.15, 0.2) is 16.2 Å². The maximum Gasteiger partial charge on any atom is 0.396 e. The van der Waals surface area contributed by atoms with Crippen molar-refractivity contribution in [2.75, 3.05) is 0 Å². The van der Waals surface area contributed by atoms with Crippen LogP contribution in [-0.2, 0) is 7.05 Å². The van der Waals surface area contributed by atoms with Gasteiger partial charge in [0, 0.05) is 11.9 Å². The van der Waals surface area contributed by atoms with E-state index in [4.69, 9.17) is 0 Å². The molecule has 0 aliphatic heterocycles. The third-order valence-corrected chi connectivity index (χ3v) is 5.65. The molecule has 0 amide bonds. The quantitative estimate of drug-likeness (QED) is 0.634. The molecule has 0 saturated carbocycles. The maximum absolute atomic E-state index is 11.1. The molecule has 5 nitrogen and oxygen atoms in total. The van der Waals surface area contributed by atoms with Crippen LogP contribution in [0, 0.1) is 44.7 Å². The third kappa shape index (κ3) is 2.55. The van der Waals surface area contributed by atoms with Crippen LogP contribution < -0.4 is 0 Å². The van der Waals surface area contributed by atoms with Gasteiger partial charge >= 0.3 is 5.82 Å². The van der Waals surface area contributed by atoms with Crippen LogP contribution in [0.4, 0.5) is 5.82 Å². The third-order valence-electron chi connectivity index (χ3n) is 4.17. The van der Waals surface area contributed by atoms with Gasteiger partial charge in [0.2, 0.25) is 6.33 Å². The Labute approximate surface area is 128 Å². The van der Waals surface area contributed by atoms with E-state index in [0.29, 0.717) is 5.03 Å². The highest BCUT2D eigenvalue weighted by atomic mass is 32.2. The summed E-state index contributed by atoms with van der Waals surface area (Å²) in [6.45, 7) is 10.4. The van der Waals surface area contributed by atoms with E-state index in [1.165, 1.54) is 45.9 Å². The monoisotopic (exact) mass is 305 g/mol. The summed E-state index contributed by atoms with van der Waals surface area (Å²) in [6.07, 6.45) is 1.49. The van der Waals surface area contributed by atoms with Crippen molar-refractivity contribution >= 4 is 17.6 Å². The van der Waals surface area contributed by atoms with E-state index in [0.717, 1.165) is 4.90 Å². The lowest BCUT2D eigenvalue weighted by Crippen LogP contribution is -2.00. The number of aryl methyl sites for hydroxylation is 1. The fourth-order valence-corrected chi connectivity index (χ4v) is 3.58. The Morgan fingerprint density at radius 2 is 1.52 bits per heavy atom. The number of hydrogen-bond donors (Lipinski definition) is 0. The number of aromatic nitrogens is 2. The Balaban J connectivity index is 2.61. The van der Waals surface area contributed by atoms with Crippen molar-refractivity contribution in [3.63, 3.8) is 0 Å². The molecule has 0 saturated heterocycles. The SMILES string of the molecule is Cc1c(C)c(C)c(Sc2c([N+](=O)[O-])ncn2C)c(C)c1C. The molecule has 0 spiro atoms. The first-order valence-electron chi connectivity index (χ1n) is 6.66. The van der Waals surface area contributed by atoms with Gasteiger partial charge in [0.1, 0.15) is 0 Å². The van der Waals surface area contributed by atoms with Crippen LogP contribution in [0.5, 0.6) is 0 Å². The molecule has 0 bridgehead atoms. The van der Waals surface area contributed by atoms with Gasteiger partial charge in [0.05, 0.1) is 0 Å². The topological polar surface area (TPSA) is 61.0 Å². The van der Waals surface area contributed by atoms with Crippen molar-refractivity contribution in [3.8, 4) is 0 Å². The van der Waals surface area contributed by atoms with Crippen LogP contribution >= 0.6 is 11.8 Å². The Morgan fingerprint density at radius 1 is 1.05 bits per heavy atom. The summed E-state index contributed by atoms with van der Waals surface area (Å²) in [5.41, 5.74) is 6.12. The van der Waals surface area contributed by atoms with Crippen LogP contribution in [0.3, 0.4) is 0 Å². The minimum absolute atomic E-state index is 0.0859. The molecule has 1 aromatic carbocycles. The molecule has 0 aliphatic rings. The summed E-state index contributed by atoms with van der Waals surface area (Å²) in [7, 11) is 1.78. The van der Waals surface area contributed by atoms with Crippen molar-refractivity contribution in [3.05, 3.63) is 44.3 Å². The molecular formula is C15H19N3O2S. The highest BCUT2D eigenvalue weighted by Gasteiger charge is 2.23. The summed E-state index contributed by atoms with van der Waals surface area (Å²) < 4.78 is 1.70. The van der Waals surface area contributed by atoms with Crippen molar-refractivity contribution in [2.24, 2.45) is 7.05 Å². The Hall–Kier alpha value is -1.82. The van der Waals surface area contributed by atoms with Gasteiger partial charge < -0.3 is 14.7 Å². The Bertz CT molecular complexity index is 706. The summed E-state index contributed by atoms with van der Waals surface area (Å²) >= 11 is 1.42. The normalized spacial score (nSPS) is 11.0. The molecule has 2 aromatic rings. The summed E-state index contributed by atoms with van der Waals surface area (Å²) in [4.78, 5) is 15.6. The second-order valence-electron chi connectivity index (χ2n) is 5.30. The molecule has 0 N–H and O–H groups in total. The standard InChI is InChI=1S/C15H19N3O2S/c1-8-9(2)11(4)13(12(5)10(8)3)21-15-14(18(19)20)16-7-17(15)6/h7H,1-6H3. The average Bonchev–Trinajstić information content (AvgIpc) is 2.80. The minimum atomic E-state index is -0.430. The van der Waals surface area contributed by atoms with Gasteiger partial charge in [-0.15, -0.1) is 0 Å². The van der Waals surface area contributed by atoms with E-state index < -0.39 is 4.92 Å². The molecule has 0 unspecified atom stereocenters. The second kappa shape index (κ2) is 5.52. The molecule has 1 aromatic heterocycles. The summed E-state index contributed by atoms with van der Waals surface area (Å²) in [6, 6.07) is 0. The van der Waals surface area contributed by atoms with Gasteiger partial charge in [-0.1, -0.05) is 11.8 Å². The minimum Gasteiger partial charge on any atom is -0.358 e. The van der Waals surface area contributed by atoms with Crippen molar-refractivity contribution in [1.29, 1.82) is 0 Å². The molecule has 0 fully saturated rings. The van der Waals surface area contributed by atoms with Gasteiger partial charge in [-0.25, -0.2) is 0 Å². The van der Waals surface area contributed by atoms with Gasteiger partial charge in [0.25, 0.3) is 0 Å². The Morgan fingerprint density at radius 3 is 2.00 bits per heavy atom. The predicted molar refractivity (Wildman–Crippen MR) is 84.1 cm³/mol. The first-order chi connectivity index (χ1) is 9.75. The van der Waals surface area contributed by atoms with Crippen LogP contribution in [0.2, 0.25) is 0 Å². The van der Waals surface area contributed by atoms with Crippen LogP contribution in [0.1, 0.15) is 27.8 Å². The first-order valence-corrected chi connectivity index (χ1v) is 7.47. The predicted octanol–water partition coefficient (Wildman–Crippen LogP) is 4.02.